The average Bonchev–Trinajstić information content (AvgIpc) is 3.29. The Labute approximate surface area is 150 Å². The molecule has 0 bridgehead atoms. The van der Waals surface area contributed by atoms with Gasteiger partial charge in [0.05, 0.1) is 11.1 Å². The van der Waals surface area contributed by atoms with Crippen LogP contribution in [0.2, 0.25) is 0 Å². The lowest BCUT2D eigenvalue weighted by Crippen LogP contribution is -2.19. The molecule has 5 nitrogen and oxygen atoms in total. The first kappa shape index (κ1) is 15.6. The van der Waals surface area contributed by atoms with E-state index in [0.717, 1.165) is 26.3 Å². The highest BCUT2D eigenvalue weighted by Crippen LogP contribution is 2.34. The lowest BCUT2D eigenvalue weighted by Gasteiger charge is -2.07. The van der Waals surface area contributed by atoms with Crippen molar-refractivity contribution in [1.29, 1.82) is 0 Å². The largest absolute Gasteiger partial charge is 0.337 e. The molecule has 8 heteroatoms. The molecule has 0 spiro atoms. The van der Waals surface area contributed by atoms with E-state index in [1.54, 1.807) is 29.1 Å². The molecule has 0 amide bonds. The van der Waals surface area contributed by atoms with Crippen LogP contribution in [-0.2, 0) is 19.8 Å². The number of thioether (sulfide) groups is 1. The van der Waals surface area contributed by atoms with E-state index < -0.39 is 0 Å². The van der Waals surface area contributed by atoms with Crippen molar-refractivity contribution < 1.29 is 0 Å². The number of thiophene rings is 2. The lowest BCUT2D eigenvalue weighted by molar-refractivity contribution is 0.726. The summed E-state index contributed by atoms with van der Waals surface area (Å²) in [6.07, 6.45) is 3.69. The summed E-state index contributed by atoms with van der Waals surface area (Å²) < 4.78 is 3.61. The zero-order valence-corrected chi connectivity index (χ0v) is 15.5. The maximum atomic E-state index is 12.9. The monoisotopic (exact) mass is 374 g/mol. The molecular weight excluding hydrogens is 360 g/mol. The Morgan fingerprint density at radius 3 is 2.88 bits per heavy atom. The van der Waals surface area contributed by atoms with Gasteiger partial charge < -0.3 is 4.57 Å². The van der Waals surface area contributed by atoms with Crippen LogP contribution in [0.3, 0.4) is 0 Å². The Balaban J connectivity index is 1.75. The maximum Gasteiger partial charge on any atom is 0.263 e. The fourth-order valence-corrected chi connectivity index (χ4v) is 5.24. The third kappa shape index (κ3) is 2.60. The number of imidazole rings is 1. The van der Waals surface area contributed by atoms with Crippen molar-refractivity contribution in [1.82, 2.24) is 19.1 Å². The fraction of sp³-hybridized carbons (Fsp3) is 0.188. The third-order valence-electron chi connectivity index (χ3n) is 3.81. The summed E-state index contributed by atoms with van der Waals surface area (Å²) in [4.78, 5) is 23.8. The Kier molecular flexibility index (Phi) is 4.03. The highest BCUT2D eigenvalue weighted by Gasteiger charge is 2.16. The van der Waals surface area contributed by atoms with Crippen molar-refractivity contribution in [2.75, 3.05) is 0 Å². The Morgan fingerprint density at radius 2 is 2.17 bits per heavy atom. The van der Waals surface area contributed by atoms with Crippen LogP contribution in [0.4, 0.5) is 0 Å². The van der Waals surface area contributed by atoms with Gasteiger partial charge in [-0.15, -0.1) is 22.7 Å². The molecule has 0 aromatic carbocycles. The van der Waals surface area contributed by atoms with Crippen molar-refractivity contribution in [3.63, 3.8) is 0 Å². The Bertz CT molecular complexity index is 1060. The van der Waals surface area contributed by atoms with Gasteiger partial charge in [-0.25, -0.2) is 9.97 Å². The van der Waals surface area contributed by atoms with Gasteiger partial charge >= 0.3 is 0 Å². The molecule has 0 unspecified atom stereocenters. The van der Waals surface area contributed by atoms with E-state index >= 15 is 0 Å². The van der Waals surface area contributed by atoms with Gasteiger partial charge in [-0.3, -0.25) is 9.36 Å². The first-order valence-corrected chi connectivity index (χ1v) is 10.0. The summed E-state index contributed by atoms with van der Waals surface area (Å²) in [5.41, 5.74) is 0.991. The van der Waals surface area contributed by atoms with E-state index in [2.05, 4.69) is 4.98 Å². The summed E-state index contributed by atoms with van der Waals surface area (Å²) in [5, 5.41) is 5.48. The summed E-state index contributed by atoms with van der Waals surface area (Å²) in [6, 6.07) is 4.04. The molecule has 0 fully saturated rings. The molecule has 0 aliphatic heterocycles. The van der Waals surface area contributed by atoms with Gasteiger partial charge in [-0.05, 0) is 11.4 Å². The zero-order chi connectivity index (χ0) is 16.7. The molecule has 0 aliphatic rings. The number of fused-ring (bicyclic) bond motifs is 1. The normalized spacial score (nSPS) is 11.4. The molecule has 4 aromatic rings. The van der Waals surface area contributed by atoms with Gasteiger partial charge in [0.1, 0.15) is 10.7 Å². The second-order valence-electron chi connectivity index (χ2n) is 5.31. The minimum absolute atomic E-state index is 0.00647. The molecule has 4 heterocycles. The molecule has 4 aromatic heterocycles. The lowest BCUT2D eigenvalue weighted by atomic mass is 10.2. The van der Waals surface area contributed by atoms with Crippen molar-refractivity contribution in [3.05, 3.63) is 51.5 Å². The second-order valence-corrected chi connectivity index (χ2v) is 8.06. The molecule has 0 radical (unpaired) electrons. The van der Waals surface area contributed by atoms with Crippen LogP contribution in [0.1, 0.15) is 5.82 Å². The van der Waals surface area contributed by atoms with Crippen LogP contribution in [-0.4, -0.2) is 19.1 Å². The Morgan fingerprint density at radius 1 is 1.29 bits per heavy atom. The molecule has 0 aliphatic carbocycles. The van der Waals surface area contributed by atoms with Crippen molar-refractivity contribution in [2.24, 2.45) is 14.1 Å². The predicted molar refractivity (Wildman–Crippen MR) is 101 cm³/mol. The first-order valence-electron chi connectivity index (χ1n) is 7.26. The minimum Gasteiger partial charge on any atom is -0.337 e. The zero-order valence-electron chi connectivity index (χ0n) is 13.1. The number of nitrogens with zero attached hydrogens (tertiary/aromatic N) is 4. The van der Waals surface area contributed by atoms with E-state index in [1.807, 2.05) is 40.7 Å². The topological polar surface area (TPSA) is 52.7 Å². The smallest absolute Gasteiger partial charge is 0.263 e. The number of aryl methyl sites for hydroxylation is 1. The first-order chi connectivity index (χ1) is 11.6. The van der Waals surface area contributed by atoms with E-state index in [4.69, 9.17) is 4.98 Å². The Hall–Kier alpha value is -1.90. The van der Waals surface area contributed by atoms with Gasteiger partial charge in [-0.1, -0.05) is 17.8 Å². The van der Waals surface area contributed by atoms with Crippen LogP contribution in [0, 0.1) is 0 Å². The van der Waals surface area contributed by atoms with Crippen LogP contribution < -0.4 is 5.56 Å². The summed E-state index contributed by atoms with van der Waals surface area (Å²) >= 11 is 4.70. The van der Waals surface area contributed by atoms with Gasteiger partial charge in [0.2, 0.25) is 0 Å². The van der Waals surface area contributed by atoms with Crippen LogP contribution in [0.15, 0.2) is 45.2 Å². The molecule has 0 N–H and O–H groups in total. The second kappa shape index (κ2) is 6.19. The summed E-state index contributed by atoms with van der Waals surface area (Å²) in [6.45, 7) is 0. The molecule has 24 heavy (non-hydrogen) atoms. The highest BCUT2D eigenvalue weighted by atomic mass is 32.2. The van der Waals surface area contributed by atoms with Crippen LogP contribution in [0.5, 0.6) is 0 Å². The minimum atomic E-state index is 0.00647. The number of rotatable bonds is 4. The fourth-order valence-electron chi connectivity index (χ4n) is 2.46. The van der Waals surface area contributed by atoms with E-state index in [1.165, 1.54) is 23.1 Å². The average molecular weight is 375 g/mol. The summed E-state index contributed by atoms with van der Waals surface area (Å²) in [7, 11) is 3.75. The highest BCUT2D eigenvalue weighted by molar-refractivity contribution is 7.98. The molecule has 0 saturated carbocycles. The van der Waals surface area contributed by atoms with Crippen LogP contribution >= 0.6 is 34.4 Å². The molecular formula is C16H14N4OS3. The SMILES string of the molecule is Cn1ccnc1CSc1nc2scc(-c3cccs3)c2c(=O)n1C. The van der Waals surface area contributed by atoms with Crippen molar-refractivity contribution in [2.45, 2.75) is 10.9 Å². The van der Waals surface area contributed by atoms with E-state index in [9.17, 15) is 4.79 Å². The van der Waals surface area contributed by atoms with Crippen molar-refractivity contribution >= 4 is 44.7 Å². The van der Waals surface area contributed by atoms with Crippen LogP contribution in [0.25, 0.3) is 20.7 Å². The number of hydrogen-bond donors (Lipinski definition) is 0. The molecule has 122 valence electrons. The predicted octanol–water partition coefficient (Wildman–Crippen LogP) is 3.75. The summed E-state index contributed by atoms with van der Waals surface area (Å²) in [5.74, 6) is 1.64. The van der Waals surface area contributed by atoms with E-state index in [0.29, 0.717) is 11.1 Å². The number of hydrogen-bond acceptors (Lipinski definition) is 6. The molecule has 0 atom stereocenters. The molecule has 0 saturated heterocycles. The van der Waals surface area contributed by atoms with Gasteiger partial charge in [0.15, 0.2) is 5.16 Å². The molecule has 4 rings (SSSR count). The third-order valence-corrected chi connectivity index (χ3v) is 6.61. The van der Waals surface area contributed by atoms with Crippen molar-refractivity contribution in [3.8, 4) is 10.4 Å². The quantitative estimate of drug-likeness (QED) is 0.403. The standard InChI is InChI=1S/C16H14N4OS3/c1-19-6-5-17-12(19)9-24-16-18-14-13(15(21)20(16)2)10(8-23-14)11-4-3-7-22-11/h3-8H,9H2,1-2H3. The number of aromatic nitrogens is 4. The maximum absolute atomic E-state index is 12.9. The van der Waals surface area contributed by atoms with Gasteiger partial charge in [0.25, 0.3) is 5.56 Å². The van der Waals surface area contributed by atoms with Gasteiger partial charge in [0, 0.05) is 42.3 Å². The van der Waals surface area contributed by atoms with E-state index in [-0.39, 0.29) is 5.56 Å². The van der Waals surface area contributed by atoms with Gasteiger partial charge in [-0.2, -0.15) is 0 Å².